The van der Waals surface area contributed by atoms with Crippen LogP contribution in [0.15, 0.2) is 18.2 Å². The second-order valence-corrected chi connectivity index (χ2v) is 4.00. The van der Waals surface area contributed by atoms with Gasteiger partial charge >= 0.3 is 6.29 Å². The highest BCUT2D eigenvalue weighted by atomic mass is 19.3. The summed E-state index contributed by atoms with van der Waals surface area (Å²) in [7, 11) is 0. The summed E-state index contributed by atoms with van der Waals surface area (Å²) in [5.41, 5.74) is 0.688. The average molecular weight is 240 g/mol. The van der Waals surface area contributed by atoms with Crippen molar-refractivity contribution in [3.05, 3.63) is 18.2 Å². The lowest BCUT2D eigenvalue weighted by Crippen LogP contribution is -2.26. The van der Waals surface area contributed by atoms with Crippen molar-refractivity contribution in [3.8, 4) is 11.5 Å². The summed E-state index contributed by atoms with van der Waals surface area (Å²) in [5.74, 6) is 0.548. The van der Waals surface area contributed by atoms with Crippen LogP contribution in [0, 0.1) is 5.41 Å². The van der Waals surface area contributed by atoms with E-state index in [1.807, 2.05) is 0 Å². The Bertz CT molecular complexity index is 490. The van der Waals surface area contributed by atoms with Crippen molar-refractivity contribution >= 4 is 11.5 Å². The third kappa shape index (κ3) is 1.69. The Balaban J connectivity index is 1.93. The predicted molar refractivity (Wildman–Crippen MR) is 57.0 cm³/mol. The molecule has 0 bridgehead atoms. The first kappa shape index (κ1) is 10.3. The molecule has 2 aliphatic heterocycles. The highest BCUT2D eigenvalue weighted by molar-refractivity contribution is 5.97. The number of hydrogen-bond donors (Lipinski definition) is 1. The van der Waals surface area contributed by atoms with Gasteiger partial charge in [0.05, 0.1) is 0 Å². The van der Waals surface area contributed by atoms with E-state index in [1.54, 1.807) is 11.0 Å². The molecule has 0 radical (unpaired) electrons. The standard InChI is InChI=1S/C11H10F2N2O2/c12-11(13)16-8-4-3-7(6-9(8)17-11)15-5-1-2-10(15)14/h3-4,6,14H,1-2,5H2. The van der Waals surface area contributed by atoms with Crippen molar-refractivity contribution in [2.45, 2.75) is 19.1 Å². The largest absolute Gasteiger partial charge is 0.586 e. The summed E-state index contributed by atoms with van der Waals surface area (Å²) in [6.07, 6.45) is -1.96. The van der Waals surface area contributed by atoms with E-state index in [0.29, 0.717) is 17.9 Å². The van der Waals surface area contributed by atoms with Crippen LogP contribution in [0.4, 0.5) is 14.5 Å². The zero-order valence-electron chi connectivity index (χ0n) is 8.87. The lowest BCUT2D eigenvalue weighted by atomic mass is 10.2. The quantitative estimate of drug-likeness (QED) is 0.820. The molecule has 2 heterocycles. The topological polar surface area (TPSA) is 45.6 Å². The molecule has 0 spiro atoms. The number of amidine groups is 1. The molecule has 1 saturated heterocycles. The van der Waals surface area contributed by atoms with E-state index in [1.165, 1.54) is 12.1 Å². The summed E-state index contributed by atoms with van der Waals surface area (Å²) in [5, 5.41) is 7.72. The monoisotopic (exact) mass is 240 g/mol. The van der Waals surface area contributed by atoms with Gasteiger partial charge in [0, 0.05) is 24.7 Å². The van der Waals surface area contributed by atoms with E-state index in [9.17, 15) is 8.78 Å². The van der Waals surface area contributed by atoms with Gasteiger partial charge in [0.15, 0.2) is 11.5 Å². The third-order valence-electron chi connectivity index (χ3n) is 2.82. The lowest BCUT2D eigenvalue weighted by molar-refractivity contribution is -0.286. The first-order valence-electron chi connectivity index (χ1n) is 5.30. The summed E-state index contributed by atoms with van der Waals surface area (Å²) in [4.78, 5) is 1.78. The number of rotatable bonds is 1. The summed E-state index contributed by atoms with van der Waals surface area (Å²) < 4.78 is 34.3. The SMILES string of the molecule is N=C1CCCN1c1ccc2c(c1)OC(F)(F)O2. The van der Waals surface area contributed by atoms with Gasteiger partial charge in [0.1, 0.15) is 5.84 Å². The van der Waals surface area contributed by atoms with Gasteiger partial charge in [0.25, 0.3) is 0 Å². The normalized spacial score (nSPS) is 21.1. The third-order valence-corrected chi connectivity index (χ3v) is 2.82. The molecule has 1 aromatic carbocycles. The van der Waals surface area contributed by atoms with E-state index in [0.717, 1.165) is 13.0 Å². The van der Waals surface area contributed by atoms with Crippen LogP contribution in [0.25, 0.3) is 0 Å². The molecule has 0 aliphatic carbocycles. The first-order chi connectivity index (χ1) is 8.05. The van der Waals surface area contributed by atoms with Crippen LogP contribution < -0.4 is 14.4 Å². The maximum absolute atomic E-state index is 12.8. The Kier molecular flexibility index (Phi) is 2.01. The molecule has 6 heteroatoms. The summed E-state index contributed by atoms with van der Waals surface area (Å²) in [6, 6.07) is 4.58. The first-order valence-corrected chi connectivity index (χ1v) is 5.30. The highest BCUT2D eigenvalue weighted by Crippen LogP contribution is 2.43. The molecule has 0 aromatic heterocycles. The second kappa shape index (κ2) is 3.32. The van der Waals surface area contributed by atoms with Crippen molar-refractivity contribution < 1.29 is 18.3 Å². The van der Waals surface area contributed by atoms with Crippen molar-refractivity contribution in [1.82, 2.24) is 0 Å². The van der Waals surface area contributed by atoms with Gasteiger partial charge in [-0.3, -0.25) is 5.41 Å². The van der Waals surface area contributed by atoms with Crippen LogP contribution in [0.5, 0.6) is 11.5 Å². The molecule has 1 fully saturated rings. The van der Waals surface area contributed by atoms with E-state index in [-0.39, 0.29) is 11.5 Å². The Morgan fingerprint density at radius 2 is 2.00 bits per heavy atom. The number of ether oxygens (including phenoxy) is 2. The molecule has 3 rings (SSSR count). The summed E-state index contributed by atoms with van der Waals surface area (Å²) in [6.45, 7) is 0.731. The molecule has 17 heavy (non-hydrogen) atoms. The van der Waals surface area contributed by atoms with E-state index >= 15 is 0 Å². The van der Waals surface area contributed by atoms with E-state index < -0.39 is 6.29 Å². The van der Waals surface area contributed by atoms with Crippen molar-refractivity contribution in [2.24, 2.45) is 0 Å². The number of fused-ring (bicyclic) bond motifs is 1. The number of hydrogen-bond acceptors (Lipinski definition) is 3. The van der Waals surface area contributed by atoms with Gasteiger partial charge in [-0.15, -0.1) is 8.78 Å². The van der Waals surface area contributed by atoms with E-state index in [4.69, 9.17) is 5.41 Å². The summed E-state index contributed by atoms with van der Waals surface area (Å²) >= 11 is 0. The second-order valence-electron chi connectivity index (χ2n) is 4.00. The number of nitrogens with zero attached hydrogens (tertiary/aromatic N) is 1. The van der Waals surface area contributed by atoms with Crippen LogP contribution in [-0.4, -0.2) is 18.7 Å². The molecule has 90 valence electrons. The smallest absolute Gasteiger partial charge is 0.395 e. The van der Waals surface area contributed by atoms with Gasteiger partial charge < -0.3 is 14.4 Å². The van der Waals surface area contributed by atoms with Crippen LogP contribution in [0.2, 0.25) is 0 Å². The fraction of sp³-hybridized carbons (Fsp3) is 0.364. The molecule has 0 unspecified atom stereocenters. The van der Waals surface area contributed by atoms with Crippen molar-refractivity contribution in [3.63, 3.8) is 0 Å². The zero-order valence-corrected chi connectivity index (χ0v) is 8.87. The van der Waals surface area contributed by atoms with E-state index in [2.05, 4.69) is 9.47 Å². The maximum atomic E-state index is 12.8. The molecule has 0 atom stereocenters. The van der Waals surface area contributed by atoms with Gasteiger partial charge in [-0.05, 0) is 18.6 Å². The minimum Gasteiger partial charge on any atom is -0.395 e. The molecule has 1 aromatic rings. The van der Waals surface area contributed by atoms with Gasteiger partial charge in [-0.25, -0.2) is 0 Å². The van der Waals surface area contributed by atoms with Crippen molar-refractivity contribution in [1.29, 1.82) is 5.41 Å². The molecule has 4 nitrogen and oxygen atoms in total. The van der Waals surface area contributed by atoms with Crippen LogP contribution in [0.3, 0.4) is 0 Å². The number of alkyl halides is 2. The number of nitrogens with one attached hydrogen (secondary N) is 1. The Hall–Kier alpha value is -1.85. The minimum atomic E-state index is -3.58. The maximum Gasteiger partial charge on any atom is 0.586 e. The molecule has 0 saturated carbocycles. The lowest BCUT2D eigenvalue weighted by Gasteiger charge is -2.17. The molecule has 1 N–H and O–H groups in total. The molecule has 2 aliphatic rings. The Labute approximate surface area is 96.2 Å². The predicted octanol–water partition coefficient (Wildman–Crippen LogP) is 2.59. The van der Waals surface area contributed by atoms with Crippen LogP contribution in [0.1, 0.15) is 12.8 Å². The number of halogens is 2. The fourth-order valence-corrected chi connectivity index (χ4v) is 2.07. The zero-order chi connectivity index (χ0) is 12.0. The molecular weight excluding hydrogens is 230 g/mol. The van der Waals surface area contributed by atoms with Crippen LogP contribution >= 0.6 is 0 Å². The van der Waals surface area contributed by atoms with Gasteiger partial charge in [-0.1, -0.05) is 0 Å². The van der Waals surface area contributed by atoms with Crippen molar-refractivity contribution in [2.75, 3.05) is 11.4 Å². The highest BCUT2D eigenvalue weighted by Gasteiger charge is 2.43. The number of benzene rings is 1. The fourth-order valence-electron chi connectivity index (χ4n) is 2.07. The number of anilines is 1. The minimum absolute atomic E-state index is 0.0206. The average Bonchev–Trinajstić information content (AvgIpc) is 2.78. The Morgan fingerprint density at radius 3 is 2.71 bits per heavy atom. The molecular formula is C11H10F2N2O2. The van der Waals surface area contributed by atoms with Gasteiger partial charge in [-0.2, -0.15) is 0 Å². The van der Waals surface area contributed by atoms with Crippen LogP contribution in [-0.2, 0) is 0 Å². The molecule has 0 amide bonds. The Morgan fingerprint density at radius 1 is 1.24 bits per heavy atom. The van der Waals surface area contributed by atoms with Gasteiger partial charge in [0.2, 0.25) is 0 Å².